The number of likely N-dealkylation sites (tertiary alicyclic amines) is 1. The van der Waals surface area contributed by atoms with Crippen molar-refractivity contribution >= 4 is 5.91 Å². The number of nitrogens with zero attached hydrogens (tertiary/aromatic N) is 1. The lowest BCUT2D eigenvalue weighted by Gasteiger charge is -2.30. The average Bonchev–Trinajstić information content (AvgIpc) is 2.47. The first kappa shape index (κ1) is 16.0. The van der Waals surface area contributed by atoms with Gasteiger partial charge < -0.3 is 10.2 Å². The third kappa shape index (κ3) is 4.57. The third-order valence-electron chi connectivity index (χ3n) is 4.34. The third-order valence-corrected chi connectivity index (χ3v) is 4.34. The molecule has 1 aliphatic rings. The van der Waals surface area contributed by atoms with Gasteiger partial charge in [-0.3, -0.25) is 4.79 Å². The monoisotopic (exact) mass is 288 g/mol. The molecule has 116 valence electrons. The van der Waals surface area contributed by atoms with Gasteiger partial charge in [-0.1, -0.05) is 44.0 Å². The first-order valence-corrected chi connectivity index (χ1v) is 8.29. The van der Waals surface area contributed by atoms with Gasteiger partial charge in [0.25, 0.3) is 0 Å². The van der Waals surface area contributed by atoms with Crippen LogP contribution in [0.1, 0.15) is 56.2 Å². The molecule has 0 bridgehead atoms. The molecule has 0 radical (unpaired) electrons. The van der Waals surface area contributed by atoms with Gasteiger partial charge in [0.2, 0.25) is 5.91 Å². The highest BCUT2D eigenvalue weighted by Gasteiger charge is 2.21. The Balaban J connectivity index is 2.11. The van der Waals surface area contributed by atoms with Crippen LogP contribution in [0.4, 0.5) is 0 Å². The molecule has 1 aromatic carbocycles. The van der Waals surface area contributed by atoms with Crippen LogP contribution in [0.5, 0.6) is 0 Å². The quantitative estimate of drug-likeness (QED) is 0.900. The second kappa shape index (κ2) is 8.18. The summed E-state index contributed by atoms with van der Waals surface area (Å²) in [5.41, 5.74) is 2.61. The van der Waals surface area contributed by atoms with Gasteiger partial charge >= 0.3 is 0 Å². The molecule has 0 aromatic heterocycles. The zero-order chi connectivity index (χ0) is 15.1. The number of aryl methyl sites for hydroxylation is 1. The minimum Gasteiger partial charge on any atom is -0.341 e. The summed E-state index contributed by atoms with van der Waals surface area (Å²) in [5.74, 6) is 0.325. The molecular formula is C18H28N2O. The van der Waals surface area contributed by atoms with Gasteiger partial charge in [0.15, 0.2) is 0 Å². The lowest BCUT2D eigenvalue weighted by Crippen LogP contribution is -2.40. The molecule has 3 nitrogen and oxygen atoms in total. The number of carbonyl (C=O) groups excluding carboxylic acids is 1. The summed E-state index contributed by atoms with van der Waals surface area (Å²) in [6, 6.07) is 8.72. The second-order valence-electron chi connectivity index (χ2n) is 5.97. The van der Waals surface area contributed by atoms with Gasteiger partial charge in [0.05, 0.1) is 6.04 Å². The maximum absolute atomic E-state index is 12.3. The number of nitrogens with one attached hydrogen (secondary N) is 1. The largest absolute Gasteiger partial charge is 0.341 e. The first-order chi connectivity index (χ1) is 10.2. The summed E-state index contributed by atoms with van der Waals surface area (Å²) < 4.78 is 0. The Morgan fingerprint density at radius 3 is 2.71 bits per heavy atom. The van der Waals surface area contributed by atoms with Gasteiger partial charge in [-0.05, 0) is 37.4 Å². The van der Waals surface area contributed by atoms with Crippen LogP contribution in [0.2, 0.25) is 0 Å². The number of carbonyl (C=O) groups is 1. The highest BCUT2D eigenvalue weighted by atomic mass is 16.2. The Bertz CT molecular complexity index is 458. The fourth-order valence-corrected chi connectivity index (χ4v) is 3.13. The lowest BCUT2D eigenvalue weighted by atomic mass is 9.99. The van der Waals surface area contributed by atoms with Crippen LogP contribution < -0.4 is 5.32 Å². The van der Waals surface area contributed by atoms with Crippen molar-refractivity contribution in [1.29, 1.82) is 0 Å². The number of amides is 1. The summed E-state index contributed by atoms with van der Waals surface area (Å²) in [7, 11) is 0. The number of rotatable bonds is 5. The van der Waals surface area contributed by atoms with E-state index in [1.165, 1.54) is 24.0 Å². The van der Waals surface area contributed by atoms with E-state index in [9.17, 15) is 4.79 Å². The molecular weight excluding hydrogens is 260 g/mol. The highest BCUT2D eigenvalue weighted by molar-refractivity contribution is 5.76. The zero-order valence-corrected chi connectivity index (χ0v) is 13.4. The molecule has 0 spiro atoms. The number of hydrogen-bond donors (Lipinski definition) is 1. The molecule has 1 aliphatic heterocycles. The Labute approximate surface area is 128 Å². The van der Waals surface area contributed by atoms with Crippen LogP contribution in [0.15, 0.2) is 24.3 Å². The van der Waals surface area contributed by atoms with Crippen LogP contribution in [0.3, 0.4) is 0 Å². The molecule has 21 heavy (non-hydrogen) atoms. The van der Waals surface area contributed by atoms with Crippen molar-refractivity contribution in [1.82, 2.24) is 10.2 Å². The van der Waals surface area contributed by atoms with Crippen molar-refractivity contribution in [2.45, 2.75) is 52.0 Å². The molecule has 1 saturated heterocycles. The van der Waals surface area contributed by atoms with Gasteiger partial charge in [-0.25, -0.2) is 0 Å². The van der Waals surface area contributed by atoms with Crippen molar-refractivity contribution < 1.29 is 4.79 Å². The van der Waals surface area contributed by atoms with E-state index in [1.807, 2.05) is 0 Å². The lowest BCUT2D eigenvalue weighted by molar-refractivity contribution is -0.132. The Hall–Kier alpha value is -1.35. The van der Waals surface area contributed by atoms with Crippen LogP contribution in [0, 0.1) is 6.92 Å². The highest BCUT2D eigenvalue weighted by Crippen LogP contribution is 2.20. The molecule has 1 fully saturated rings. The molecule has 1 atom stereocenters. The van der Waals surface area contributed by atoms with Crippen molar-refractivity contribution in [3.8, 4) is 0 Å². The van der Waals surface area contributed by atoms with Crippen LogP contribution in [-0.2, 0) is 4.79 Å². The van der Waals surface area contributed by atoms with E-state index in [2.05, 4.69) is 48.3 Å². The minimum absolute atomic E-state index is 0.236. The smallest absolute Gasteiger partial charge is 0.222 e. The molecule has 1 aromatic rings. The van der Waals surface area contributed by atoms with Crippen LogP contribution in [0.25, 0.3) is 0 Å². The summed E-state index contributed by atoms with van der Waals surface area (Å²) in [6.07, 6.45) is 5.35. The number of benzene rings is 1. The fourth-order valence-electron chi connectivity index (χ4n) is 3.13. The number of likely N-dealkylation sites (N-methyl/N-ethyl adjacent to an activating group) is 1. The fraction of sp³-hybridized carbons (Fsp3) is 0.611. The molecule has 1 unspecified atom stereocenters. The van der Waals surface area contributed by atoms with Gasteiger partial charge in [0.1, 0.15) is 0 Å². The van der Waals surface area contributed by atoms with E-state index < -0.39 is 0 Å². The molecule has 0 aliphatic carbocycles. The average molecular weight is 288 g/mol. The summed E-state index contributed by atoms with van der Waals surface area (Å²) in [4.78, 5) is 14.4. The maximum Gasteiger partial charge on any atom is 0.222 e. The zero-order valence-electron chi connectivity index (χ0n) is 13.4. The summed E-state index contributed by atoms with van der Waals surface area (Å²) in [5, 5.41) is 3.55. The SMILES string of the molecule is CCNC(CN1CCCCCCC1=O)c1ccccc1C. The molecule has 2 rings (SSSR count). The van der Waals surface area contributed by atoms with E-state index in [4.69, 9.17) is 0 Å². The van der Waals surface area contributed by atoms with E-state index in [-0.39, 0.29) is 6.04 Å². The molecule has 1 N–H and O–H groups in total. The topological polar surface area (TPSA) is 32.3 Å². The van der Waals surface area contributed by atoms with Crippen molar-refractivity contribution in [2.24, 2.45) is 0 Å². The molecule has 1 amide bonds. The number of hydrogen-bond acceptors (Lipinski definition) is 2. The van der Waals surface area contributed by atoms with Crippen molar-refractivity contribution in [2.75, 3.05) is 19.6 Å². The van der Waals surface area contributed by atoms with E-state index >= 15 is 0 Å². The molecule has 3 heteroatoms. The predicted molar refractivity (Wildman–Crippen MR) is 87.3 cm³/mol. The van der Waals surface area contributed by atoms with E-state index in [0.29, 0.717) is 12.3 Å². The van der Waals surface area contributed by atoms with Crippen molar-refractivity contribution in [3.05, 3.63) is 35.4 Å². The molecule has 0 saturated carbocycles. The normalized spacial score (nSPS) is 18.2. The summed E-state index contributed by atoms with van der Waals surface area (Å²) in [6.45, 7) is 6.89. The standard InChI is InChI=1S/C18H28N2O/c1-3-19-17(16-11-8-7-10-15(16)2)14-20-13-9-5-4-6-12-18(20)21/h7-8,10-11,17,19H,3-6,9,12-14H2,1-2H3. The minimum atomic E-state index is 0.236. The predicted octanol–water partition coefficient (Wildman–Crippen LogP) is 3.44. The maximum atomic E-state index is 12.3. The van der Waals surface area contributed by atoms with Crippen LogP contribution in [-0.4, -0.2) is 30.4 Å². The van der Waals surface area contributed by atoms with E-state index in [1.54, 1.807) is 0 Å². The Morgan fingerprint density at radius 1 is 1.19 bits per heavy atom. The Morgan fingerprint density at radius 2 is 1.95 bits per heavy atom. The second-order valence-corrected chi connectivity index (χ2v) is 5.97. The van der Waals surface area contributed by atoms with Gasteiger partial charge in [-0.2, -0.15) is 0 Å². The summed E-state index contributed by atoms with van der Waals surface area (Å²) >= 11 is 0. The Kier molecular flexibility index (Phi) is 6.24. The van der Waals surface area contributed by atoms with Gasteiger partial charge in [0, 0.05) is 19.5 Å². The van der Waals surface area contributed by atoms with E-state index in [0.717, 1.165) is 32.5 Å². The van der Waals surface area contributed by atoms with Crippen LogP contribution >= 0.6 is 0 Å². The van der Waals surface area contributed by atoms with Crippen molar-refractivity contribution in [3.63, 3.8) is 0 Å². The molecule has 1 heterocycles. The first-order valence-electron chi connectivity index (χ1n) is 8.29. The van der Waals surface area contributed by atoms with Gasteiger partial charge in [-0.15, -0.1) is 0 Å².